The van der Waals surface area contributed by atoms with Crippen molar-refractivity contribution < 1.29 is 18.3 Å². The van der Waals surface area contributed by atoms with Gasteiger partial charge in [0.1, 0.15) is 0 Å². The van der Waals surface area contributed by atoms with Gasteiger partial charge in [-0.25, -0.2) is 0 Å². The standard InChI is InChI=1S/C13H21F3O/c1-12(17,9-6-10-13(14,15)16)11-7-4-2-3-5-8-11/h7,17H,2-6,8-10H2,1H3. The van der Waals surface area contributed by atoms with E-state index in [4.69, 9.17) is 0 Å². The van der Waals surface area contributed by atoms with E-state index in [0.717, 1.165) is 37.7 Å². The molecule has 0 saturated heterocycles. The second-order valence-corrected chi connectivity index (χ2v) is 5.07. The Hall–Kier alpha value is -0.510. The first-order chi connectivity index (χ1) is 7.81. The normalized spacial score (nSPS) is 21.6. The van der Waals surface area contributed by atoms with Gasteiger partial charge in [-0.05, 0) is 51.0 Å². The number of hydrogen-bond acceptors (Lipinski definition) is 1. The van der Waals surface area contributed by atoms with E-state index in [1.165, 1.54) is 0 Å². The zero-order chi connectivity index (χ0) is 12.9. The van der Waals surface area contributed by atoms with Crippen LogP contribution in [0.3, 0.4) is 0 Å². The Morgan fingerprint density at radius 3 is 2.53 bits per heavy atom. The van der Waals surface area contributed by atoms with Crippen LogP contribution in [0.4, 0.5) is 13.2 Å². The minimum atomic E-state index is -4.12. The van der Waals surface area contributed by atoms with E-state index < -0.39 is 18.2 Å². The fraction of sp³-hybridized carbons (Fsp3) is 0.846. The lowest BCUT2D eigenvalue weighted by molar-refractivity contribution is -0.137. The summed E-state index contributed by atoms with van der Waals surface area (Å²) in [6.07, 6.45) is 2.31. The Bertz CT molecular complexity index is 266. The monoisotopic (exact) mass is 250 g/mol. The Morgan fingerprint density at radius 1 is 1.18 bits per heavy atom. The zero-order valence-corrected chi connectivity index (χ0v) is 10.3. The van der Waals surface area contributed by atoms with Gasteiger partial charge in [0.15, 0.2) is 0 Å². The van der Waals surface area contributed by atoms with Crippen molar-refractivity contribution in [2.24, 2.45) is 0 Å². The second-order valence-electron chi connectivity index (χ2n) is 5.07. The predicted molar refractivity (Wildman–Crippen MR) is 61.7 cm³/mol. The Morgan fingerprint density at radius 2 is 1.88 bits per heavy atom. The number of hydrogen-bond donors (Lipinski definition) is 1. The molecule has 1 aliphatic rings. The van der Waals surface area contributed by atoms with Crippen molar-refractivity contribution in [3.63, 3.8) is 0 Å². The molecule has 0 saturated carbocycles. The van der Waals surface area contributed by atoms with Gasteiger partial charge in [0.2, 0.25) is 0 Å². The van der Waals surface area contributed by atoms with Crippen LogP contribution in [-0.4, -0.2) is 16.9 Å². The van der Waals surface area contributed by atoms with Crippen molar-refractivity contribution in [3.8, 4) is 0 Å². The third-order valence-electron chi connectivity index (χ3n) is 3.36. The van der Waals surface area contributed by atoms with Crippen LogP contribution in [0.2, 0.25) is 0 Å². The predicted octanol–water partition coefficient (Wildman–Crippen LogP) is 4.36. The molecule has 0 spiro atoms. The number of aliphatic hydroxyl groups is 1. The van der Waals surface area contributed by atoms with Crippen molar-refractivity contribution in [1.82, 2.24) is 0 Å². The Labute approximate surface area is 101 Å². The third kappa shape index (κ3) is 5.57. The summed E-state index contributed by atoms with van der Waals surface area (Å²) >= 11 is 0. The Kier molecular flexibility index (Phi) is 5.04. The molecule has 17 heavy (non-hydrogen) atoms. The van der Waals surface area contributed by atoms with Crippen molar-refractivity contribution in [2.75, 3.05) is 0 Å². The van der Waals surface area contributed by atoms with Crippen LogP contribution in [0.15, 0.2) is 11.6 Å². The Balaban J connectivity index is 2.46. The summed E-state index contributed by atoms with van der Waals surface area (Å²) in [6, 6.07) is 0. The van der Waals surface area contributed by atoms with Gasteiger partial charge in [-0.3, -0.25) is 0 Å². The summed E-state index contributed by atoms with van der Waals surface area (Å²) in [5.41, 5.74) is -0.132. The highest BCUT2D eigenvalue weighted by atomic mass is 19.4. The van der Waals surface area contributed by atoms with Gasteiger partial charge in [0, 0.05) is 6.42 Å². The lowest BCUT2D eigenvalue weighted by Crippen LogP contribution is -2.27. The van der Waals surface area contributed by atoms with E-state index in [1.54, 1.807) is 6.92 Å². The van der Waals surface area contributed by atoms with E-state index in [-0.39, 0.29) is 12.8 Å². The van der Waals surface area contributed by atoms with E-state index in [1.807, 2.05) is 6.08 Å². The number of alkyl halides is 3. The molecule has 0 bridgehead atoms. The van der Waals surface area contributed by atoms with Crippen molar-refractivity contribution >= 4 is 0 Å². The van der Waals surface area contributed by atoms with Crippen LogP contribution < -0.4 is 0 Å². The summed E-state index contributed by atoms with van der Waals surface area (Å²) in [6.45, 7) is 1.64. The molecule has 1 rings (SSSR count). The van der Waals surface area contributed by atoms with E-state index in [9.17, 15) is 18.3 Å². The van der Waals surface area contributed by atoms with Crippen molar-refractivity contribution in [3.05, 3.63) is 11.6 Å². The van der Waals surface area contributed by atoms with Crippen molar-refractivity contribution in [2.45, 2.75) is 70.1 Å². The van der Waals surface area contributed by atoms with Crippen molar-refractivity contribution in [1.29, 1.82) is 0 Å². The summed E-state index contributed by atoms with van der Waals surface area (Å²) < 4.78 is 36.1. The lowest BCUT2D eigenvalue weighted by Gasteiger charge is -2.27. The van der Waals surface area contributed by atoms with Crippen LogP contribution in [0, 0.1) is 0 Å². The molecule has 0 aliphatic heterocycles. The largest absolute Gasteiger partial charge is 0.389 e. The maximum atomic E-state index is 12.0. The minimum Gasteiger partial charge on any atom is -0.386 e. The van der Waals surface area contributed by atoms with Gasteiger partial charge in [0.05, 0.1) is 5.60 Å². The van der Waals surface area contributed by atoms with Crippen LogP contribution in [-0.2, 0) is 0 Å². The highest BCUT2D eigenvalue weighted by Gasteiger charge is 2.30. The second kappa shape index (κ2) is 5.89. The highest BCUT2D eigenvalue weighted by molar-refractivity contribution is 5.16. The molecule has 1 nitrogen and oxygen atoms in total. The van der Waals surface area contributed by atoms with Gasteiger partial charge in [0.25, 0.3) is 0 Å². The summed E-state index contributed by atoms with van der Waals surface area (Å²) in [5.74, 6) is 0. The first-order valence-corrected chi connectivity index (χ1v) is 6.30. The topological polar surface area (TPSA) is 20.2 Å². The first kappa shape index (κ1) is 14.6. The quantitative estimate of drug-likeness (QED) is 0.735. The van der Waals surface area contributed by atoms with Gasteiger partial charge in [-0.1, -0.05) is 12.5 Å². The molecule has 0 radical (unpaired) electrons. The van der Waals surface area contributed by atoms with E-state index in [2.05, 4.69) is 0 Å². The molecule has 1 aliphatic carbocycles. The number of halogens is 3. The SMILES string of the molecule is CC(O)(CCCC(F)(F)F)C1=CCCCCC1. The summed E-state index contributed by atoms with van der Waals surface area (Å²) in [4.78, 5) is 0. The van der Waals surface area contributed by atoms with Crippen LogP contribution >= 0.6 is 0 Å². The molecule has 1 atom stereocenters. The molecule has 0 aromatic heterocycles. The van der Waals surface area contributed by atoms with Gasteiger partial charge in [-0.2, -0.15) is 13.2 Å². The molecule has 1 N–H and O–H groups in total. The molecular weight excluding hydrogens is 229 g/mol. The van der Waals surface area contributed by atoms with Gasteiger partial charge in [-0.15, -0.1) is 0 Å². The van der Waals surface area contributed by atoms with Gasteiger partial charge < -0.3 is 5.11 Å². The molecule has 0 heterocycles. The lowest BCUT2D eigenvalue weighted by atomic mass is 9.87. The van der Waals surface area contributed by atoms with E-state index in [0.29, 0.717) is 0 Å². The van der Waals surface area contributed by atoms with E-state index >= 15 is 0 Å². The average Bonchev–Trinajstić information content (AvgIpc) is 2.43. The molecule has 0 fully saturated rings. The average molecular weight is 250 g/mol. The molecule has 1 unspecified atom stereocenters. The smallest absolute Gasteiger partial charge is 0.386 e. The van der Waals surface area contributed by atoms with Crippen LogP contribution in [0.25, 0.3) is 0 Å². The van der Waals surface area contributed by atoms with Gasteiger partial charge >= 0.3 is 6.18 Å². The van der Waals surface area contributed by atoms with Crippen LogP contribution in [0.1, 0.15) is 58.3 Å². The van der Waals surface area contributed by atoms with Crippen LogP contribution in [0.5, 0.6) is 0 Å². The zero-order valence-electron chi connectivity index (χ0n) is 10.3. The fourth-order valence-corrected chi connectivity index (χ4v) is 2.30. The molecule has 4 heteroatoms. The maximum Gasteiger partial charge on any atom is 0.389 e. The minimum absolute atomic E-state index is 0.00611. The summed E-state index contributed by atoms with van der Waals surface area (Å²) in [5, 5.41) is 10.2. The maximum absolute atomic E-state index is 12.0. The molecule has 100 valence electrons. The number of allylic oxidation sites excluding steroid dienone is 1. The molecule has 0 aromatic carbocycles. The summed E-state index contributed by atoms with van der Waals surface area (Å²) in [7, 11) is 0. The molecular formula is C13H21F3O. The molecule has 0 amide bonds. The first-order valence-electron chi connectivity index (χ1n) is 6.30. The number of rotatable bonds is 4. The fourth-order valence-electron chi connectivity index (χ4n) is 2.30. The highest BCUT2D eigenvalue weighted by Crippen LogP contribution is 2.32. The molecule has 0 aromatic rings. The third-order valence-corrected chi connectivity index (χ3v) is 3.36.